The van der Waals surface area contributed by atoms with Crippen molar-refractivity contribution in [3.8, 4) is 5.75 Å². The maximum absolute atomic E-state index is 12.8. The van der Waals surface area contributed by atoms with Crippen LogP contribution in [-0.4, -0.2) is 11.0 Å². The van der Waals surface area contributed by atoms with Crippen molar-refractivity contribution >= 4 is 17.7 Å². The van der Waals surface area contributed by atoms with Crippen LogP contribution in [0.25, 0.3) is 6.08 Å². The van der Waals surface area contributed by atoms with E-state index in [1.165, 1.54) is 36.4 Å². The zero-order valence-electron chi connectivity index (χ0n) is 11.3. The van der Waals surface area contributed by atoms with Crippen molar-refractivity contribution in [1.82, 2.24) is 0 Å². The number of phenolic OH excluding ortho intramolecular Hbond substituents is 1. The molecule has 0 radical (unpaired) electrons. The van der Waals surface area contributed by atoms with Gasteiger partial charge in [0.05, 0.1) is 5.56 Å². The largest absolute Gasteiger partial charge is 0.508 e. The van der Waals surface area contributed by atoms with E-state index in [1.807, 2.05) is 0 Å². The molecule has 2 N–H and O–H groups in total. The molecule has 0 atom stereocenters. The van der Waals surface area contributed by atoms with Crippen molar-refractivity contribution in [2.75, 3.05) is 5.32 Å². The molecule has 114 valence electrons. The molecule has 0 aromatic heterocycles. The minimum Gasteiger partial charge on any atom is -0.508 e. The van der Waals surface area contributed by atoms with Crippen LogP contribution in [0.2, 0.25) is 0 Å². The predicted octanol–water partition coefficient (Wildman–Crippen LogP) is 4.06. The number of hydrogen-bond donors (Lipinski definition) is 2. The van der Waals surface area contributed by atoms with E-state index in [2.05, 4.69) is 5.32 Å². The average Bonchev–Trinajstić information content (AvgIpc) is 2.44. The second-order valence-electron chi connectivity index (χ2n) is 4.46. The minimum absolute atomic E-state index is 0.0239. The number of hydrogen-bond acceptors (Lipinski definition) is 2. The number of carbonyl (C=O) groups excluding carboxylic acids is 1. The Morgan fingerprint density at radius 2 is 1.82 bits per heavy atom. The number of halogens is 3. The summed E-state index contributed by atoms with van der Waals surface area (Å²) in [6.07, 6.45) is -2.38. The summed E-state index contributed by atoms with van der Waals surface area (Å²) in [7, 11) is 0. The van der Waals surface area contributed by atoms with Crippen molar-refractivity contribution in [3.63, 3.8) is 0 Å². The summed E-state index contributed by atoms with van der Waals surface area (Å²) in [5.74, 6) is -0.619. The first kappa shape index (κ1) is 15.6. The molecule has 0 spiro atoms. The Kier molecular flexibility index (Phi) is 4.50. The molecule has 1 amide bonds. The molecule has 0 heterocycles. The number of phenols is 1. The van der Waals surface area contributed by atoms with Gasteiger partial charge in [-0.2, -0.15) is 13.2 Å². The van der Waals surface area contributed by atoms with Crippen LogP contribution >= 0.6 is 0 Å². The van der Waals surface area contributed by atoms with Crippen molar-refractivity contribution in [1.29, 1.82) is 0 Å². The van der Waals surface area contributed by atoms with Gasteiger partial charge in [-0.25, -0.2) is 0 Å². The number of amides is 1. The summed E-state index contributed by atoms with van der Waals surface area (Å²) in [5, 5.41) is 11.7. The van der Waals surface area contributed by atoms with Gasteiger partial charge in [-0.1, -0.05) is 24.3 Å². The minimum atomic E-state index is -4.48. The van der Waals surface area contributed by atoms with Crippen LogP contribution < -0.4 is 5.32 Å². The van der Waals surface area contributed by atoms with Crippen LogP contribution in [0.4, 0.5) is 18.9 Å². The molecular weight excluding hydrogens is 295 g/mol. The lowest BCUT2D eigenvalue weighted by molar-refractivity contribution is -0.137. The van der Waals surface area contributed by atoms with Gasteiger partial charge in [-0.05, 0) is 29.8 Å². The predicted molar refractivity (Wildman–Crippen MR) is 77.2 cm³/mol. The first-order valence-corrected chi connectivity index (χ1v) is 6.30. The number of carbonyl (C=O) groups is 1. The van der Waals surface area contributed by atoms with Gasteiger partial charge in [0.1, 0.15) is 5.75 Å². The third-order valence-corrected chi connectivity index (χ3v) is 2.79. The van der Waals surface area contributed by atoms with Crippen LogP contribution in [0.1, 0.15) is 11.1 Å². The number of anilines is 1. The highest BCUT2D eigenvalue weighted by Gasteiger charge is 2.32. The van der Waals surface area contributed by atoms with Crippen LogP contribution in [0.3, 0.4) is 0 Å². The Morgan fingerprint density at radius 3 is 2.50 bits per heavy atom. The summed E-state index contributed by atoms with van der Waals surface area (Å²) in [4.78, 5) is 11.7. The van der Waals surface area contributed by atoms with E-state index in [1.54, 1.807) is 6.07 Å². The molecule has 0 fully saturated rings. The van der Waals surface area contributed by atoms with E-state index in [4.69, 9.17) is 0 Å². The molecular formula is C16H12F3NO2. The molecule has 0 saturated carbocycles. The smallest absolute Gasteiger partial charge is 0.416 e. The standard InChI is InChI=1S/C16H12F3NO2/c17-16(18,19)14-7-2-1-4-11(14)8-9-15(22)20-12-5-3-6-13(21)10-12/h1-10,21H,(H,20,22)/b9-8+. The lowest BCUT2D eigenvalue weighted by Gasteiger charge is -2.09. The van der Waals surface area contributed by atoms with Gasteiger partial charge in [0.2, 0.25) is 5.91 Å². The average molecular weight is 307 g/mol. The first-order valence-electron chi connectivity index (χ1n) is 6.30. The monoisotopic (exact) mass is 307 g/mol. The molecule has 22 heavy (non-hydrogen) atoms. The maximum atomic E-state index is 12.8. The van der Waals surface area contributed by atoms with Crippen molar-refractivity contribution in [2.45, 2.75) is 6.18 Å². The van der Waals surface area contributed by atoms with Gasteiger partial charge in [0.25, 0.3) is 0 Å². The number of benzene rings is 2. The van der Waals surface area contributed by atoms with Crippen molar-refractivity contribution in [2.24, 2.45) is 0 Å². The summed E-state index contributed by atoms with van der Waals surface area (Å²) < 4.78 is 38.4. The van der Waals surface area contributed by atoms with Gasteiger partial charge < -0.3 is 10.4 Å². The highest BCUT2D eigenvalue weighted by molar-refractivity contribution is 6.02. The zero-order chi connectivity index (χ0) is 16.2. The maximum Gasteiger partial charge on any atom is 0.416 e. The fourth-order valence-corrected chi connectivity index (χ4v) is 1.83. The highest BCUT2D eigenvalue weighted by Crippen LogP contribution is 2.32. The fourth-order valence-electron chi connectivity index (χ4n) is 1.83. The molecule has 0 saturated heterocycles. The molecule has 6 heteroatoms. The molecule has 0 aliphatic heterocycles. The molecule has 3 nitrogen and oxygen atoms in total. The summed E-state index contributed by atoms with van der Waals surface area (Å²) in [5.41, 5.74) is -0.559. The quantitative estimate of drug-likeness (QED) is 0.840. The van der Waals surface area contributed by atoms with Crippen LogP contribution in [0.15, 0.2) is 54.6 Å². The lowest BCUT2D eigenvalue weighted by atomic mass is 10.1. The Labute approximate surface area is 124 Å². The Hall–Kier alpha value is -2.76. The molecule has 2 aromatic carbocycles. The third-order valence-electron chi connectivity index (χ3n) is 2.79. The fraction of sp³-hybridized carbons (Fsp3) is 0.0625. The lowest BCUT2D eigenvalue weighted by Crippen LogP contribution is -2.09. The van der Waals surface area contributed by atoms with E-state index >= 15 is 0 Å². The molecule has 2 aromatic rings. The van der Waals surface area contributed by atoms with E-state index in [-0.39, 0.29) is 11.3 Å². The number of nitrogens with one attached hydrogen (secondary N) is 1. The van der Waals surface area contributed by atoms with E-state index in [0.717, 1.165) is 18.2 Å². The number of alkyl halides is 3. The highest BCUT2D eigenvalue weighted by atomic mass is 19.4. The molecule has 0 aliphatic rings. The second kappa shape index (κ2) is 6.34. The van der Waals surface area contributed by atoms with Gasteiger partial charge in [-0.3, -0.25) is 4.79 Å². The van der Waals surface area contributed by atoms with E-state index in [9.17, 15) is 23.1 Å². The van der Waals surface area contributed by atoms with Gasteiger partial charge >= 0.3 is 6.18 Å². The normalized spacial score (nSPS) is 11.6. The number of rotatable bonds is 3. The Balaban J connectivity index is 2.14. The Bertz CT molecular complexity index is 709. The van der Waals surface area contributed by atoms with Gasteiger partial charge in [0.15, 0.2) is 0 Å². The summed E-state index contributed by atoms with van der Waals surface area (Å²) in [6, 6.07) is 10.8. The zero-order valence-corrected chi connectivity index (χ0v) is 11.3. The van der Waals surface area contributed by atoms with Crippen LogP contribution in [0.5, 0.6) is 5.75 Å². The first-order chi connectivity index (χ1) is 10.4. The molecule has 0 bridgehead atoms. The van der Waals surface area contributed by atoms with Crippen LogP contribution in [0, 0.1) is 0 Å². The van der Waals surface area contributed by atoms with Crippen molar-refractivity contribution < 1.29 is 23.1 Å². The van der Waals surface area contributed by atoms with Gasteiger partial charge in [0, 0.05) is 17.8 Å². The summed E-state index contributed by atoms with van der Waals surface area (Å²) >= 11 is 0. The topological polar surface area (TPSA) is 49.3 Å². The third kappa shape index (κ3) is 4.12. The van der Waals surface area contributed by atoms with Crippen molar-refractivity contribution in [3.05, 3.63) is 65.7 Å². The Morgan fingerprint density at radius 1 is 1.09 bits per heavy atom. The number of aromatic hydroxyl groups is 1. The molecule has 0 aliphatic carbocycles. The van der Waals surface area contributed by atoms with E-state index < -0.39 is 17.6 Å². The van der Waals surface area contributed by atoms with E-state index in [0.29, 0.717) is 5.69 Å². The second-order valence-corrected chi connectivity index (χ2v) is 4.46. The molecule has 0 unspecified atom stereocenters. The van der Waals surface area contributed by atoms with Crippen LogP contribution in [-0.2, 0) is 11.0 Å². The SMILES string of the molecule is O=C(/C=C/c1ccccc1C(F)(F)F)Nc1cccc(O)c1. The summed E-state index contributed by atoms with van der Waals surface area (Å²) in [6.45, 7) is 0. The molecule has 2 rings (SSSR count). The van der Waals surface area contributed by atoms with Gasteiger partial charge in [-0.15, -0.1) is 0 Å².